The van der Waals surface area contributed by atoms with Crippen molar-refractivity contribution in [2.45, 2.75) is 6.04 Å². The molecule has 1 fully saturated rings. The van der Waals surface area contributed by atoms with Crippen molar-refractivity contribution >= 4 is 23.7 Å². The molecule has 90 valence electrons. The summed E-state index contributed by atoms with van der Waals surface area (Å²) >= 11 is 1.60. The highest BCUT2D eigenvalue weighted by Gasteiger charge is 2.25. The van der Waals surface area contributed by atoms with Gasteiger partial charge in [-0.1, -0.05) is 12.1 Å². The van der Waals surface area contributed by atoms with E-state index in [9.17, 15) is 9.59 Å². The van der Waals surface area contributed by atoms with Crippen molar-refractivity contribution in [1.29, 1.82) is 0 Å². The van der Waals surface area contributed by atoms with E-state index in [1.54, 1.807) is 23.9 Å². The Bertz CT molecular complexity index is 443. The predicted molar refractivity (Wildman–Crippen MR) is 63.3 cm³/mol. The van der Waals surface area contributed by atoms with E-state index < -0.39 is 11.9 Å². The van der Waals surface area contributed by atoms with Crippen LogP contribution >= 0.6 is 11.8 Å². The van der Waals surface area contributed by atoms with Gasteiger partial charge in [0.1, 0.15) is 17.4 Å². The number of para-hydroxylation sites is 1. The number of hydrogen-bond acceptors (Lipinski definition) is 5. The summed E-state index contributed by atoms with van der Waals surface area (Å²) in [5, 5.41) is 11.9. The Hall–Kier alpha value is -1.53. The van der Waals surface area contributed by atoms with Gasteiger partial charge in [0, 0.05) is 11.6 Å². The zero-order chi connectivity index (χ0) is 12.3. The molecular formula is C11H11NO4S. The van der Waals surface area contributed by atoms with Crippen LogP contribution in [0.5, 0.6) is 5.75 Å². The minimum absolute atomic E-state index is 0.00787. The number of esters is 1. The van der Waals surface area contributed by atoms with Crippen molar-refractivity contribution in [2.24, 2.45) is 0 Å². The molecule has 0 bridgehead atoms. The van der Waals surface area contributed by atoms with Crippen LogP contribution in [0, 0.1) is 0 Å². The smallest absolute Gasteiger partial charge is 0.339 e. The van der Waals surface area contributed by atoms with Crippen molar-refractivity contribution in [2.75, 3.05) is 11.6 Å². The molecule has 0 aliphatic carbocycles. The van der Waals surface area contributed by atoms with Crippen LogP contribution in [0.25, 0.3) is 0 Å². The van der Waals surface area contributed by atoms with E-state index in [2.05, 4.69) is 5.32 Å². The lowest BCUT2D eigenvalue weighted by molar-refractivity contribution is -0.135. The molecule has 1 atom stereocenters. The van der Waals surface area contributed by atoms with E-state index in [1.165, 1.54) is 12.1 Å². The number of aromatic carboxylic acids is 1. The standard InChI is InChI=1S/C11H11NO4S/c13-10(14)7-3-1-2-4-9(7)16-11(15)8-5-17-6-12-8/h1-4,8,12H,5-6H2,(H,13,14)/t8-/m0/s1. The molecule has 0 aromatic heterocycles. The second-order valence-corrected chi connectivity index (χ2v) is 4.52. The predicted octanol–water partition coefficient (Wildman–Crippen LogP) is 0.953. The number of hydrogen-bond donors (Lipinski definition) is 2. The van der Waals surface area contributed by atoms with Gasteiger partial charge in [-0.2, -0.15) is 0 Å². The molecule has 1 aliphatic rings. The summed E-state index contributed by atoms with van der Waals surface area (Å²) in [6.07, 6.45) is 0. The van der Waals surface area contributed by atoms with Gasteiger partial charge < -0.3 is 9.84 Å². The third-order valence-electron chi connectivity index (χ3n) is 2.33. The number of carboxylic acid groups (broad SMARTS) is 1. The minimum atomic E-state index is -1.11. The first-order valence-electron chi connectivity index (χ1n) is 5.03. The Balaban J connectivity index is 2.12. The van der Waals surface area contributed by atoms with Crippen LogP contribution in [-0.2, 0) is 4.79 Å². The highest BCUT2D eigenvalue weighted by atomic mass is 32.2. The number of carbonyl (C=O) groups excluding carboxylic acids is 1. The van der Waals surface area contributed by atoms with E-state index >= 15 is 0 Å². The summed E-state index contributed by atoms with van der Waals surface area (Å²) in [7, 11) is 0. The van der Waals surface area contributed by atoms with Gasteiger partial charge >= 0.3 is 11.9 Å². The molecule has 0 radical (unpaired) electrons. The second kappa shape index (κ2) is 5.20. The molecular weight excluding hydrogens is 242 g/mol. The van der Waals surface area contributed by atoms with Gasteiger partial charge in [-0.3, -0.25) is 5.32 Å². The molecule has 0 unspecified atom stereocenters. The first-order valence-corrected chi connectivity index (χ1v) is 6.19. The fourth-order valence-corrected chi connectivity index (χ4v) is 2.38. The van der Waals surface area contributed by atoms with Crippen LogP contribution < -0.4 is 10.1 Å². The Morgan fingerprint density at radius 3 is 2.82 bits per heavy atom. The van der Waals surface area contributed by atoms with Gasteiger partial charge in [-0.05, 0) is 12.1 Å². The number of rotatable bonds is 3. The van der Waals surface area contributed by atoms with E-state index in [1.807, 2.05) is 0 Å². The van der Waals surface area contributed by atoms with E-state index in [0.717, 1.165) is 0 Å². The average Bonchev–Trinajstić information content (AvgIpc) is 2.83. The first kappa shape index (κ1) is 11.9. The Kier molecular flexibility index (Phi) is 3.65. The van der Waals surface area contributed by atoms with E-state index in [4.69, 9.17) is 9.84 Å². The lowest BCUT2D eigenvalue weighted by atomic mass is 10.2. The fourth-order valence-electron chi connectivity index (χ4n) is 1.46. The van der Waals surface area contributed by atoms with Crippen molar-refractivity contribution in [3.63, 3.8) is 0 Å². The molecule has 1 aliphatic heterocycles. The van der Waals surface area contributed by atoms with Crippen molar-refractivity contribution < 1.29 is 19.4 Å². The average molecular weight is 253 g/mol. The fraction of sp³-hybridized carbons (Fsp3) is 0.273. The molecule has 0 saturated carbocycles. The summed E-state index contributed by atoms with van der Waals surface area (Å²) in [5.41, 5.74) is -0.00787. The highest BCUT2D eigenvalue weighted by Crippen LogP contribution is 2.19. The molecule has 1 aromatic carbocycles. The molecule has 1 aromatic rings. The number of carbonyl (C=O) groups is 2. The summed E-state index contributed by atoms with van der Waals surface area (Å²) in [6.45, 7) is 0. The summed E-state index contributed by atoms with van der Waals surface area (Å²) in [5.74, 6) is -0.108. The number of nitrogens with one attached hydrogen (secondary N) is 1. The SMILES string of the molecule is O=C(O)c1ccccc1OC(=O)[C@@H]1CSCN1. The van der Waals surface area contributed by atoms with Crippen LogP contribution in [0.15, 0.2) is 24.3 Å². The minimum Gasteiger partial charge on any atom is -0.478 e. The molecule has 0 amide bonds. The zero-order valence-electron chi connectivity index (χ0n) is 8.88. The number of benzene rings is 1. The Morgan fingerprint density at radius 1 is 1.41 bits per heavy atom. The molecule has 0 spiro atoms. The normalized spacial score (nSPS) is 18.9. The molecule has 6 heteroatoms. The zero-order valence-corrected chi connectivity index (χ0v) is 9.70. The number of ether oxygens (including phenoxy) is 1. The van der Waals surface area contributed by atoms with Crippen LogP contribution in [0.3, 0.4) is 0 Å². The van der Waals surface area contributed by atoms with Crippen molar-refractivity contribution in [3.05, 3.63) is 29.8 Å². The third-order valence-corrected chi connectivity index (χ3v) is 3.27. The monoisotopic (exact) mass is 253 g/mol. The Labute approximate surface area is 102 Å². The van der Waals surface area contributed by atoms with Crippen LogP contribution in [0.1, 0.15) is 10.4 Å². The molecule has 1 heterocycles. The molecule has 2 rings (SSSR count). The summed E-state index contributed by atoms with van der Waals surface area (Å²) in [4.78, 5) is 22.6. The maximum Gasteiger partial charge on any atom is 0.339 e. The van der Waals surface area contributed by atoms with Gasteiger partial charge in [0.15, 0.2) is 0 Å². The molecule has 1 saturated heterocycles. The number of carboxylic acids is 1. The van der Waals surface area contributed by atoms with Gasteiger partial charge in [0.25, 0.3) is 0 Å². The highest BCUT2D eigenvalue weighted by molar-refractivity contribution is 7.99. The topological polar surface area (TPSA) is 75.6 Å². The lowest BCUT2D eigenvalue weighted by Gasteiger charge is -2.10. The van der Waals surface area contributed by atoms with Gasteiger partial charge in [0.2, 0.25) is 0 Å². The Morgan fingerprint density at radius 2 is 2.18 bits per heavy atom. The van der Waals surface area contributed by atoms with Crippen LogP contribution in [-0.4, -0.2) is 34.7 Å². The maximum absolute atomic E-state index is 11.7. The van der Waals surface area contributed by atoms with Gasteiger partial charge in [0.05, 0.1) is 0 Å². The molecule has 5 nitrogen and oxygen atoms in total. The largest absolute Gasteiger partial charge is 0.478 e. The van der Waals surface area contributed by atoms with Crippen molar-refractivity contribution in [3.8, 4) is 5.75 Å². The quantitative estimate of drug-likeness (QED) is 0.617. The van der Waals surface area contributed by atoms with Crippen LogP contribution in [0.4, 0.5) is 0 Å². The maximum atomic E-state index is 11.7. The lowest BCUT2D eigenvalue weighted by Crippen LogP contribution is -2.36. The second-order valence-electron chi connectivity index (χ2n) is 3.49. The van der Waals surface area contributed by atoms with E-state index in [-0.39, 0.29) is 17.4 Å². The van der Waals surface area contributed by atoms with Gasteiger partial charge in [-0.15, -0.1) is 11.8 Å². The summed E-state index contributed by atoms with van der Waals surface area (Å²) in [6, 6.07) is 5.74. The first-order chi connectivity index (χ1) is 8.18. The van der Waals surface area contributed by atoms with Gasteiger partial charge in [-0.25, -0.2) is 9.59 Å². The third kappa shape index (κ3) is 2.78. The molecule has 17 heavy (non-hydrogen) atoms. The molecule has 2 N–H and O–H groups in total. The number of thioether (sulfide) groups is 1. The van der Waals surface area contributed by atoms with E-state index in [0.29, 0.717) is 11.6 Å². The summed E-state index contributed by atoms with van der Waals surface area (Å²) < 4.78 is 5.10. The van der Waals surface area contributed by atoms with Crippen LogP contribution in [0.2, 0.25) is 0 Å². The van der Waals surface area contributed by atoms with Crippen molar-refractivity contribution in [1.82, 2.24) is 5.32 Å².